The van der Waals surface area contributed by atoms with Crippen molar-refractivity contribution in [3.05, 3.63) is 51.0 Å². The molecule has 2 heterocycles. The summed E-state index contributed by atoms with van der Waals surface area (Å²) in [7, 11) is 0. The lowest BCUT2D eigenvalue weighted by Crippen LogP contribution is -2.38. The molecule has 1 aliphatic heterocycles. The van der Waals surface area contributed by atoms with Crippen LogP contribution in [0, 0.1) is 0 Å². The molecule has 0 fully saturated rings. The molecular formula is C14H10Br2N2O2. The van der Waals surface area contributed by atoms with Crippen LogP contribution in [0.1, 0.15) is 5.56 Å². The molecule has 0 spiro atoms. The van der Waals surface area contributed by atoms with Crippen LogP contribution in [0.15, 0.2) is 45.5 Å². The summed E-state index contributed by atoms with van der Waals surface area (Å²) < 4.78 is 7.08. The van der Waals surface area contributed by atoms with Crippen molar-refractivity contribution in [3.63, 3.8) is 0 Å². The highest BCUT2D eigenvalue weighted by Crippen LogP contribution is 2.32. The smallest absolute Gasteiger partial charge is 0.266 e. The molecule has 3 rings (SSSR count). The number of pyridine rings is 1. The number of anilines is 1. The van der Waals surface area contributed by atoms with Crippen molar-refractivity contribution >= 4 is 43.6 Å². The first-order valence-electron chi connectivity index (χ1n) is 5.97. The number of halogens is 2. The highest BCUT2D eigenvalue weighted by molar-refractivity contribution is 9.10. The Morgan fingerprint density at radius 1 is 1.15 bits per heavy atom. The standard InChI is InChI=1S/C14H10Br2N2O2/c15-10-3-1-9(2-4-10)7-18-13(19)8-20-11-5-6-12(16)17-14(11)18/h1-6H,7-8H2. The van der Waals surface area contributed by atoms with Crippen molar-refractivity contribution < 1.29 is 9.53 Å². The van der Waals surface area contributed by atoms with Crippen LogP contribution in [-0.2, 0) is 11.3 Å². The lowest BCUT2D eigenvalue weighted by molar-refractivity contribution is -0.121. The van der Waals surface area contributed by atoms with E-state index >= 15 is 0 Å². The van der Waals surface area contributed by atoms with Crippen LogP contribution in [0.4, 0.5) is 5.82 Å². The van der Waals surface area contributed by atoms with Gasteiger partial charge in [0.15, 0.2) is 18.2 Å². The molecule has 20 heavy (non-hydrogen) atoms. The van der Waals surface area contributed by atoms with E-state index in [9.17, 15) is 4.79 Å². The first-order valence-corrected chi connectivity index (χ1v) is 7.56. The molecule has 1 aliphatic rings. The Balaban J connectivity index is 1.94. The van der Waals surface area contributed by atoms with Crippen LogP contribution in [0.2, 0.25) is 0 Å². The zero-order chi connectivity index (χ0) is 14.1. The Labute approximate surface area is 133 Å². The summed E-state index contributed by atoms with van der Waals surface area (Å²) in [5.41, 5.74) is 1.04. The van der Waals surface area contributed by atoms with Crippen molar-refractivity contribution in [1.29, 1.82) is 0 Å². The zero-order valence-corrected chi connectivity index (χ0v) is 13.5. The molecule has 0 bridgehead atoms. The predicted octanol–water partition coefficient (Wildman–Crippen LogP) is 3.53. The highest BCUT2D eigenvalue weighted by atomic mass is 79.9. The number of ether oxygens (including phenoxy) is 1. The van der Waals surface area contributed by atoms with E-state index in [-0.39, 0.29) is 12.5 Å². The van der Waals surface area contributed by atoms with Gasteiger partial charge in [-0.2, -0.15) is 0 Å². The van der Waals surface area contributed by atoms with E-state index in [0.717, 1.165) is 10.0 Å². The summed E-state index contributed by atoms with van der Waals surface area (Å²) in [5, 5.41) is 0. The van der Waals surface area contributed by atoms with Gasteiger partial charge in [0, 0.05) is 4.47 Å². The summed E-state index contributed by atoms with van der Waals surface area (Å²) in [4.78, 5) is 18.1. The zero-order valence-electron chi connectivity index (χ0n) is 10.3. The van der Waals surface area contributed by atoms with E-state index in [1.165, 1.54) is 0 Å². The quantitative estimate of drug-likeness (QED) is 0.728. The fourth-order valence-corrected chi connectivity index (χ4v) is 2.55. The first kappa shape index (κ1) is 13.6. The van der Waals surface area contributed by atoms with Gasteiger partial charge in [0.25, 0.3) is 5.91 Å². The molecule has 6 heteroatoms. The lowest BCUT2D eigenvalue weighted by atomic mass is 10.2. The van der Waals surface area contributed by atoms with E-state index < -0.39 is 0 Å². The first-order chi connectivity index (χ1) is 9.63. The molecule has 0 N–H and O–H groups in total. The van der Waals surface area contributed by atoms with E-state index in [1.54, 1.807) is 11.0 Å². The molecule has 0 aliphatic carbocycles. The maximum absolute atomic E-state index is 12.1. The fourth-order valence-electron chi connectivity index (χ4n) is 1.99. The number of benzene rings is 1. The molecule has 0 saturated carbocycles. The average molecular weight is 398 g/mol. The molecule has 1 amide bonds. The summed E-state index contributed by atoms with van der Waals surface area (Å²) >= 11 is 6.72. The van der Waals surface area contributed by atoms with Crippen molar-refractivity contribution in [3.8, 4) is 5.75 Å². The van der Waals surface area contributed by atoms with Gasteiger partial charge in [-0.1, -0.05) is 28.1 Å². The van der Waals surface area contributed by atoms with Crippen LogP contribution >= 0.6 is 31.9 Å². The SMILES string of the molecule is O=C1COc2ccc(Br)nc2N1Cc1ccc(Br)cc1. The molecule has 102 valence electrons. The van der Waals surface area contributed by atoms with E-state index in [2.05, 4.69) is 36.8 Å². The Bertz CT molecular complexity index is 659. The Morgan fingerprint density at radius 2 is 1.90 bits per heavy atom. The van der Waals surface area contributed by atoms with Gasteiger partial charge in [-0.05, 0) is 45.8 Å². The molecule has 0 atom stereocenters. The Morgan fingerprint density at radius 3 is 2.65 bits per heavy atom. The fraction of sp³-hybridized carbons (Fsp3) is 0.143. The van der Waals surface area contributed by atoms with Gasteiger partial charge in [0.2, 0.25) is 0 Å². The van der Waals surface area contributed by atoms with Gasteiger partial charge >= 0.3 is 0 Å². The molecule has 4 nitrogen and oxygen atoms in total. The summed E-state index contributed by atoms with van der Waals surface area (Å²) in [6.07, 6.45) is 0. The number of hydrogen-bond acceptors (Lipinski definition) is 3. The third-order valence-corrected chi connectivity index (χ3v) is 3.94. The third-order valence-electron chi connectivity index (χ3n) is 2.97. The molecule has 0 unspecified atom stereocenters. The number of amides is 1. The highest BCUT2D eigenvalue weighted by Gasteiger charge is 2.27. The van der Waals surface area contributed by atoms with E-state index in [0.29, 0.717) is 22.7 Å². The van der Waals surface area contributed by atoms with E-state index in [4.69, 9.17) is 4.74 Å². The molecular weight excluding hydrogens is 388 g/mol. The van der Waals surface area contributed by atoms with Crippen molar-refractivity contribution in [2.24, 2.45) is 0 Å². The number of aromatic nitrogens is 1. The van der Waals surface area contributed by atoms with Crippen LogP contribution in [0.5, 0.6) is 5.75 Å². The number of nitrogens with zero attached hydrogens (tertiary/aromatic N) is 2. The normalized spacial score (nSPS) is 13.9. The molecule has 1 aromatic carbocycles. The van der Waals surface area contributed by atoms with Gasteiger partial charge in [0.05, 0.1) is 6.54 Å². The van der Waals surface area contributed by atoms with Crippen molar-refractivity contribution in [2.45, 2.75) is 6.54 Å². The van der Waals surface area contributed by atoms with Crippen LogP contribution in [0.3, 0.4) is 0 Å². The van der Waals surface area contributed by atoms with Crippen LogP contribution in [0.25, 0.3) is 0 Å². The minimum atomic E-state index is -0.0916. The summed E-state index contributed by atoms with van der Waals surface area (Å²) in [6.45, 7) is 0.527. The second kappa shape index (κ2) is 5.54. The van der Waals surface area contributed by atoms with Gasteiger partial charge in [0.1, 0.15) is 4.60 Å². The maximum Gasteiger partial charge on any atom is 0.266 e. The Kier molecular flexibility index (Phi) is 3.76. The minimum absolute atomic E-state index is 0.0485. The molecule has 0 radical (unpaired) electrons. The van der Waals surface area contributed by atoms with Gasteiger partial charge in [-0.3, -0.25) is 9.69 Å². The second-order valence-corrected chi connectivity index (χ2v) is 6.08. The summed E-state index contributed by atoms with van der Waals surface area (Å²) in [6, 6.07) is 11.5. The van der Waals surface area contributed by atoms with Gasteiger partial charge in [-0.25, -0.2) is 4.98 Å². The molecule has 2 aromatic rings. The lowest BCUT2D eigenvalue weighted by Gasteiger charge is -2.28. The number of carbonyl (C=O) groups is 1. The maximum atomic E-state index is 12.1. The van der Waals surface area contributed by atoms with Crippen LogP contribution in [-0.4, -0.2) is 17.5 Å². The topological polar surface area (TPSA) is 42.4 Å². The number of fused-ring (bicyclic) bond motifs is 1. The van der Waals surface area contributed by atoms with Crippen molar-refractivity contribution in [2.75, 3.05) is 11.5 Å². The predicted molar refractivity (Wildman–Crippen MR) is 82.8 cm³/mol. The molecule has 1 aromatic heterocycles. The average Bonchev–Trinajstić information content (AvgIpc) is 2.44. The van der Waals surface area contributed by atoms with Crippen molar-refractivity contribution in [1.82, 2.24) is 4.98 Å². The largest absolute Gasteiger partial charge is 0.480 e. The molecule has 0 saturated heterocycles. The van der Waals surface area contributed by atoms with Gasteiger partial charge < -0.3 is 4.74 Å². The third kappa shape index (κ3) is 2.71. The van der Waals surface area contributed by atoms with Gasteiger partial charge in [-0.15, -0.1) is 0 Å². The number of hydrogen-bond donors (Lipinski definition) is 0. The summed E-state index contributed by atoms with van der Waals surface area (Å²) in [5.74, 6) is 1.09. The number of rotatable bonds is 2. The van der Waals surface area contributed by atoms with Crippen LogP contribution < -0.4 is 9.64 Å². The Hall–Kier alpha value is -1.40. The van der Waals surface area contributed by atoms with E-state index in [1.807, 2.05) is 30.3 Å². The minimum Gasteiger partial charge on any atom is -0.480 e. The monoisotopic (exact) mass is 396 g/mol. The second-order valence-electron chi connectivity index (χ2n) is 4.35. The number of carbonyl (C=O) groups excluding carboxylic acids is 1.